The van der Waals surface area contributed by atoms with Crippen LogP contribution in [0.15, 0.2) is 18.2 Å². The van der Waals surface area contributed by atoms with Gasteiger partial charge in [0.2, 0.25) is 0 Å². The highest BCUT2D eigenvalue weighted by Gasteiger charge is 2.14. The molecule has 0 aliphatic carbocycles. The van der Waals surface area contributed by atoms with E-state index in [1.54, 1.807) is 25.3 Å². The van der Waals surface area contributed by atoms with Crippen molar-refractivity contribution in [3.05, 3.63) is 23.8 Å². The first-order valence-electron chi connectivity index (χ1n) is 6.61. The molecule has 0 radical (unpaired) electrons. The maximum atomic E-state index is 12.1. The largest absolute Gasteiger partial charge is 0.493 e. The van der Waals surface area contributed by atoms with E-state index in [-0.39, 0.29) is 11.9 Å². The lowest BCUT2D eigenvalue weighted by Crippen LogP contribution is -2.36. The predicted molar refractivity (Wildman–Crippen MR) is 75.9 cm³/mol. The van der Waals surface area contributed by atoms with Gasteiger partial charge in [-0.1, -0.05) is 13.8 Å². The monoisotopic (exact) mass is 265 g/mol. The van der Waals surface area contributed by atoms with Crippen LogP contribution in [0.3, 0.4) is 0 Å². The third-order valence-electron chi connectivity index (χ3n) is 3.08. The van der Waals surface area contributed by atoms with Gasteiger partial charge in [-0.25, -0.2) is 0 Å². The molecule has 0 heterocycles. The van der Waals surface area contributed by atoms with Crippen molar-refractivity contribution >= 4 is 5.91 Å². The fourth-order valence-electron chi connectivity index (χ4n) is 1.54. The minimum Gasteiger partial charge on any atom is -0.493 e. The molecule has 1 aromatic carbocycles. The van der Waals surface area contributed by atoms with E-state index in [4.69, 9.17) is 9.47 Å². The number of carbonyl (C=O) groups excluding carboxylic acids is 1. The third-order valence-corrected chi connectivity index (χ3v) is 3.08. The van der Waals surface area contributed by atoms with E-state index in [0.29, 0.717) is 29.6 Å². The summed E-state index contributed by atoms with van der Waals surface area (Å²) in [6.45, 7) is 8.61. The molecule has 0 bridgehead atoms. The fraction of sp³-hybridized carbons (Fsp3) is 0.533. The number of hydrogen-bond donors (Lipinski definition) is 1. The van der Waals surface area contributed by atoms with E-state index < -0.39 is 0 Å². The van der Waals surface area contributed by atoms with Gasteiger partial charge in [0, 0.05) is 11.6 Å². The van der Waals surface area contributed by atoms with Gasteiger partial charge in [-0.15, -0.1) is 0 Å². The second-order valence-corrected chi connectivity index (χ2v) is 4.80. The second-order valence-electron chi connectivity index (χ2n) is 4.80. The van der Waals surface area contributed by atoms with E-state index in [9.17, 15) is 4.79 Å². The Morgan fingerprint density at radius 1 is 1.26 bits per heavy atom. The topological polar surface area (TPSA) is 47.6 Å². The number of methoxy groups -OCH3 is 1. The van der Waals surface area contributed by atoms with Crippen molar-refractivity contribution in [2.75, 3.05) is 13.7 Å². The summed E-state index contributed by atoms with van der Waals surface area (Å²) in [4.78, 5) is 12.1. The summed E-state index contributed by atoms with van der Waals surface area (Å²) in [6.07, 6.45) is 0. The lowest BCUT2D eigenvalue weighted by molar-refractivity contribution is 0.0930. The van der Waals surface area contributed by atoms with Gasteiger partial charge < -0.3 is 14.8 Å². The first kappa shape index (κ1) is 15.3. The van der Waals surface area contributed by atoms with Crippen molar-refractivity contribution in [3.63, 3.8) is 0 Å². The lowest BCUT2D eigenvalue weighted by Gasteiger charge is -2.18. The highest BCUT2D eigenvalue weighted by molar-refractivity contribution is 5.95. The van der Waals surface area contributed by atoms with Crippen molar-refractivity contribution in [1.82, 2.24) is 5.32 Å². The number of hydrogen-bond acceptors (Lipinski definition) is 3. The summed E-state index contributed by atoms with van der Waals surface area (Å²) in [7, 11) is 1.57. The Kier molecular flexibility index (Phi) is 5.67. The molecule has 1 atom stereocenters. The van der Waals surface area contributed by atoms with Crippen LogP contribution in [0.25, 0.3) is 0 Å². The molecule has 1 rings (SSSR count). The average molecular weight is 265 g/mol. The van der Waals surface area contributed by atoms with Crippen LogP contribution >= 0.6 is 0 Å². The Bertz CT molecular complexity index is 429. The number of nitrogens with one attached hydrogen (secondary N) is 1. The Morgan fingerprint density at radius 3 is 2.47 bits per heavy atom. The van der Waals surface area contributed by atoms with Gasteiger partial charge >= 0.3 is 0 Å². The Balaban J connectivity index is 2.86. The summed E-state index contributed by atoms with van der Waals surface area (Å²) in [5.41, 5.74) is 0.577. The standard InChI is InChI=1S/C15H23NO3/c1-6-19-13-8-7-12(9-14(13)18-5)15(17)16-11(4)10(2)3/h7-11H,6H2,1-5H3,(H,16,17). The maximum absolute atomic E-state index is 12.1. The van der Waals surface area contributed by atoms with Crippen LogP contribution in [-0.2, 0) is 0 Å². The fourth-order valence-corrected chi connectivity index (χ4v) is 1.54. The van der Waals surface area contributed by atoms with Gasteiger partial charge in [0.1, 0.15) is 0 Å². The molecule has 1 amide bonds. The predicted octanol–water partition coefficient (Wildman–Crippen LogP) is 2.87. The molecule has 0 aromatic heterocycles. The SMILES string of the molecule is CCOc1ccc(C(=O)NC(C)C(C)C)cc1OC. The first-order valence-corrected chi connectivity index (χ1v) is 6.61. The van der Waals surface area contributed by atoms with Crippen LogP contribution in [0.2, 0.25) is 0 Å². The molecule has 1 unspecified atom stereocenters. The smallest absolute Gasteiger partial charge is 0.251 e. The number of ether oxygens (including phenoxy) is 2. The number of carbonyl (C=O) groups is 1. The molecule has 0 fully saturated rings. The van der Waals surface area contributed by atoms with Gasteiger partial charge in [-0.05, 0) is 38.0 Å². The van der Waals surface area contributed by atoms with Gasteiger partial charge in [-0.3, -0.25) is 4.79 Å². The minimum atomic E-state index is -0.0949. The molecule has 0 saturated carbocycles. The van der Waals surface area contributed by atoms with Crippen LogP contribution in [0.1, 0.15) is 38.1 Å². The molecule has 19 heavy (non-hydrogen) atoms. The molecule has 0 aliphatic heterocycles. The quantitative estimate of drug-likeness (QED) is 0.860. The van der Waals surface area contributed by atoms with Crippen molar-refractivity contribution in [2.24, 2.45) is 5.92 Å². The number of amides is 1. The van der Waals surface area contributed by atoms with Crippen molar-refractivity contribution < 1.29 is 14.3 Å². The molecule has 0 spiro atoms. The van der Waals surface area contributed by atoms with Crippen molar-refractivity contribution in [2.45, 2.75) is 33.7 Å². The molecule has 4 heteroatoms. The molecular formula is C15H23NO3. The minimum absolute atomic E-state index is 0.0949. The van der Waals surface area contributed by atoms with Crippen LogP contribution in [0.5, 0.6) is 11.5 Å². The zero-order valence-electron chi connectivity index (χ0n) is 12.3. The first-order chi connectivity index (χ1) is 8.99. The van der Waals surface area contributed by atoms with Gasteiger partial charge in [0.05, 0.1) is 13.7 Å². The lowest BCUT2D eigenvalue weighted by atomic mass is 10.1. The molecule has 0 saturated heterocycles. The normalized spacial score (nSPS) is 12.1. The molecule has 106 valence electrons. The zero-order chi connectivity index (χ0) is 14.4. The molecule has 0 aliphatic rings. The highest BCUT2D eigenvalue weighted by Crippen LogP contribution is 2.28. The molecule has 4 nitrogen and oxygen atoms in total. The Hall–Kier alpha value is -1.71. The van der Waals surface area contributed by atoms with Crippen LogP contribution < -0.4 is 14.8 Å². The third kappa shape index (κ3) is 4.16. The summed E-state index contributed by atoms with van der Waals surface area (Å²) in [5.74, 6) is 1.53. The number of benzene rings is 1. The van der Waals surface area contributed by atoms with Gasteiger partial charge in [-0.2, -0.15) is 0 Å². The second kappa shape index (κ2) is 7.02. The molecule has 1 aromatic rings. The van der Waals surface area contributed by atoms with E-state index in [2.05, 4.69) is 19.2 Å². The van der Waals surface area contributed by atoms with Crippen molar-refractivity contribution in [1.29, 1.82) is 0 Å². The molecule has 1 N–H and O–H groups in total. The Morgan fingerprint density at radius 2 is 1.95 bits per heavy atom. The summed E-state index contributed by atoms with van der Waals surface area (Å²) in [5, 5.41) is 2.96. The van der Waals surface area contributed by atoms with Gasteiger partial charge in [0.25, 0.3) is 5.91 Å². The number of rotatable bonds is 6. The van der Waals surface area contributed by atoms with E-state index in [1.807, 2.05) is 13.8 Å². The summed E-state index contributed by atoms with van der Waals surface area (Å²) < 4.78 is 10.7. The summed E-state index contributed by atoms with van der Waals surface area (Å²) >= 11 is 0. The van der Waals surface area contributed by atoms with Crippen molar-refractivity contribution in [3.8, 4) is 11.5 Å². The average Bonchev–Trinajstić information content (AvgIpc) is 2.39. The van der Waals surface area contributed by atoms with E-state index >= 15 is 0 Å². The molecular weight excluding hydrogens is 242 g/mol. The highest BCUT2D eigenvalue weighted by atomic mass is 16.5. The zero-order valence-corrected chi connectivity index (χ0v) is 12.3. The van der Waals surface area contributed by atoms with Crippen LogP contribution in [0, 0.1) is 5.92 Å². The summed E-state index contributed by atoms with van der Waals surface area (Å²) in [6, 6.07) is 5.34. The van der Waals surface area contributed by atoms with E-state index in [0.717, 1.165) is 0 Å². The van der Waals surface area contributed by atoms with Crippen LogP contribution in [-0.4, -0.2) is 25.7 Å². The van der Waals surface area contributed by atoms with Crippen LogP contribution in [0.4, 0.5) is 0 Å². The Labute approximate surface area is 115 Å². The van der Waals surface area contributed by atoms with E-state index in [1.165, 1.54) is 0 Å². The maximum Gasteiger partial charge on any atom is 0.251 e. The van der Waals surface area contributed by atoms with Gasteiger partial charge in [0.15, 0.2) is 11.5 Å².